The summed E-state index contributed by atoms with van der Waals surface area (Å²) >= 11 is 0. The molecule has 1 aliphatic carbocycles. The molecule has 108 valence electrons. The van der Waals surface area contributed by atoms with E-state index in [1.807, 2.05) is 38.1 Å². The molecule has 1 atom stereocenters. The number of rotatable bonds is 3. The number of fused-ring (bicyclic) bond motifs is 1. The van der Waals surface area contributed by atoms with Gasteiger partial charge in [0.25, 0.3) is 0 Å². The third kappa shape index (κ3) is 2.30. The van der Waals surface area contributed by atoms with E-state index in [-0.39, 0.29) is 11.9 Å². The molecule has 1 amide bonds. The largest absolute Gasteiger partial charge is 0.479 e. The number of amides is 1. The van der Waals surface area contributed by atoms with E-state index in [0.717, 1.165) is 5.56 Å². The second-order valence-corrected chi connectivity index (χ2v) is 5.76. The predicted octanol–water partition coefficient (Wildman–Crippen LogP) is 2.26. The van der Waals surface area contributed by atoms with Crippen molar-refractivity contribution in [3.8, 4) is 0 Å². The maximum atomic E-state index is 12.0. The molecule has 0 aromatic heterocycles. The van der Waals surface area contributed by atoms with Crippen molar-refractivity contribution in [3.63, 3.8) is 0 Å². The first kappa shape index (κ1) is 14.6. The van der Waals surface area contributed by atoms with Crippen molar-refractivity contribution in [1.82, 2.24) is 4.90 Å². The van der Waals surface area contributed by atoms with Gasteiger partial charge >= 0.3 is 5.97 Å². The van der Waals surface area contributed by atoms with Crippen LogP contribution < -0.4 is 0 Å². The molecule has 1 aliphatic rings. The van der Waals surface area contributed by atoms with E-state index in [1.54, 1.807) is 0 Å². The molecule has 0 spiro atoms. The molecule has 1 aromatic rings. The normalized spacial score (nSPS) is 21.4. The fraction of sp³-hybridized carbons (Fsp3) is 0.500. The summed E-state index contributed by atoms with van der Waals surface area (Å²) in [4.78, 5) is 25.4. The molecule has 1 aromatic carbocycles. The average molecular weight is 275 g/mol. The van der Waals surface area contributed by atoms with Gasteiger partial charge in [-0.25, -0.2) is 4.79 Å². The molecule has 20 heavy (non-hydrogen) atoms. The van der Waals surface area contributed by atoms with Gasteiger partial charge in [0.1, 0.15) is 5.54 Å². The lowest BCUT2D eigenvalue weighted by Crippen LogP contribution is -2.61. The van der Waals surface area contributed by atoms with Crippen LogP contribution in [0.4, 0.5) is 0 Å². The van der Waals surface area contributed by atoms with E-state index in [9.17, 15) is 14.7 Å². The molecule has 0 aliphatic heterocycles. The maximum absolute atomic E-state index is 12.0. The van der Waals surface area contributed by atoms with Crippen LogP contribution in [-0.4, -0.2) is 33.5 Å². The summed E-state index contributed by atoms with van der Waals surface area (Å²) in [6.45, 7) is 5.18. The molecule has 2 rings (SSSR count). The summed E-state index contributed by atoms with van der Waals surface area (Å²) in [7, 11) is 0. The maximum Gasteiger partial charge on any atom is 0.329 e. The number of benzene rings is 1. The zero-order valence-corrected chi connectivity index (χ0v) is 12.2. The molecule has 1 N–H and O–H groups in total. The molecule has 1 unspecified atom stereocenters. The summed E-state index contributed by atoms with van der Waals surface area (Å²) in [6, 6.07) is 7.76. The van der Waals surface area contributed by atoms with Crippen molar-refractivity contribution in [2.45, 2.75) is 51.6 Å². The van der Waals surface area contributed by atoms with Gasteiger partial charge < -0.3 is 10.0 Å². The molecule has 0 bridgehead atoms. The van der Waals surface area contributed by atoms with Gasteiger partial charge in [0.15, 0.2) is 0 Å². The topological polar surface area (TPSA) is 57.6 Å². The zero-order valence-electron chi connectivity index (χ0n) is 12.2. The number of carboxylic acid groups (broad SMARTS) is 1. The highest BCUT2D eigenvalue weighted by Gasteiger charge is 2.48. The Labute approximate surface area is 119 Å². The van der Waals surface area contributed by atoms with Gasteiger partial charge in [-0.05, 0) is 37.8 Å². The van der Waals surface area contributed by atoms with E-state index in [2.05, 4.69) is 0 Å². The number of hydrogen-bond donors (Lipinski definition) is 1. The van der Waals surface area contributed by atoms with Crippen LogP contribution >= 0.6 is 0 Å². The van der Waals surface area contributed by atoms with Crippen LogP contribution in [0.5, 0.6) is 0 Å². The molecular formula is C16H21NO3. The van der Waals surface area contributed by atoms with Crippen molar-refractivity contribution in [2.24, 2.45) is 0 Å². The van der Waals surface area contributed by atoms with Crippen molar-refractivity contribution >= 4 is 11.9 Å². The smallest absolute Gasteiger partial charge is 0.329 e. The van der Waals surface area contributed by atoms with Gasteiger partial charge in [0, 0.05) is 19.4 Å². The van der Waals surface area contributed by atoms with Gasteiger partial charge in [0.05, 0.1) is 0 Å². The first-order chi connectivity index (χ1) is 9.38. The lowest BCUT2D eigenvalue weighted by Gasteiger charge is -2.45. The predicted molar refractivity (Wildman–Crippen MR) is 76.5 cm³/mol. The lowest BCUT2D eigenvalue weighted by molar-refractivity contribution is -0.162. The van der Waals surface area contributed by atoms with Crippen LogP contribution in [0.25, 0.3) is 0 Å². The highest BCUT2D eigenvalue weighted by atomic mass is 16.4. The van der Waals surface area contributed by atoms with Crippen LogP contribution in [0.2, 0.25) is 0 Å². The number of carbonyl (C=O) groups is 2. The minimum Gasteiger partial charge on any atom is -0.479 e. The summed E-state index contributed by atoms with van der Waals surface area (Å²) in [6.07, 6.45) is 1.55. The molecule has 0 fully saturated rings. The molecule has 0 heterocycles. The van der Waals surface area contributed by atoms with E-state index in [0.29, 0.717) is 19.3 Å². The third-order valence-electron chi connectivity index (χ3n) is 4.12. The van der Waals surface area contributed by atoms with Gasteiger partial charge in [-0.15, -0.1) is 0 Å². The molecule has 4 heteroatoms. The molecule has 0 radical (unpaired) electrons. The minimum atomic E-state index is -1.12. The average Bonchev–Trinajstić information content (AvgIpc) is 2.37. The number of hydrogen-bond acceptors (Lipinski definition) is 2. The quantitative estimate of drug-likeness (QED) is 0.920. The summed E-state index contributed by atoms with van der Waals surface area (Å²) in [5.41, 5.74) is 1.11. The number of aliphatic carboxylic acids is 1. The lowest BCUT2D eigenvalue weighted by atomic mass is 9.76. The van der Waals surface area contributed by atoms with Gasteiger partial charge in [0.2, 0.25) is 5.91 Å². The second kappa shape index (κ2) is 5.27. The van der Waals surface area contributed by atoms with Gasteiger partial charge in [-0.3, -0.25) is 4.79 Å². The highest BCUT2D eigenvalue weighted by Crippen LogP contribution is 2.35. The Morgan fingerprint density at radius 2 is 1.85 bits per heavy atom. The fourth-order valence-corrected chi connectivity index (χ4v) is 3.37. The van der Waals surface area contributed by atoms with Crippen LogP contribution in [0.3, 0.4) is 0 Å². The molecule has 4 nitrogen and oxygen atoms in total. The standard InChI is InChI=1S/C16H21NO3/c1-11(2)17(12(3)18)16(15(19)20)9-8-13-6-4-5-7-14(13)10-16/h4-7,11H,8-10H2,1-3H3,(H,19,20). The van der Waals surface area contributed by atoms with E-state index in [4.69, 9.17) is 0 Å². The monoisotopic (exact) mass is 275 g/mol. The Balaban J connectivity index is 2.48. The van der Waals surface area contributed by atoms with Gasteiger partial charge in [-0.2, -0.15) is 0 Å². The summed E-state index contributed by atoms with van der Waals surface area (Å²) < 4.78 is 0. The van der Waals surface area contributed by atoms with Crippen LogP contribution in [0.1, 0.15) is 38.3 Å². The summed E-state index contributed by atoms with van der Waals surface area (Å²) in [5, 5.41) is 9.79. The van der Waals surface area contributed by atoms with Crippen LogP contribution in [0.15, 0.2) is 24.3 Å². The Bertz CT molecular complexity index is 538. The van der Waals surface area contributed by atoms with Crippen molar-refractivity contribution < 1.29 is 14.7 Å². The van der Waals surface area contributed by atoms with Crippen LogP contribution in [-0.2, 0) is 22.4 Å². The van der Waals surface area contributed by atoms with E-state index >= 15 is 0 Å². The Morgan fingerprint density at radius 3 is 2.35 bits per heavy atom. The fourth-order valence-electron chi connectivity index (χ4n) is 3.37. The first-order valence-corrected chi connectivity index (χ1v) is 6.98. The van der Waals surface area contributed by atoms with Crippen molar-refractivity contribution in [1.29, 1.82) is 0 Å². The Hall–Kier alpha value is -1.84. The SMILES string of the molecule is CC(=O)N(C(C)C)C1(C(=O)O)CCc2ccccc2C1. The summed E-state index contributed by atoms with van der Waals surface area (Å²) in [5.74, 6) is -1.09. The Morgan fingerprint density at radius 1 is 1.25 bits per heavy atom. The van der Waals surface area contributed by atoms with Crippen LogP contribution in [0, 0.1) is 0 Å². The Kier molecular flexibility index (Phi) is 3.84. The first-order valence-electron chi connectivity index (χ1n) is 6.98. The number of carboxylic acids is 1. The van der Waals surface area contributed by atoms with Crippen molar-refractivity contribution in [3.05, 3.63) is 35.4 Å². The molecule has 0 saturated carbocycles. The zero-order chi connectivity index (χ0) is 14.9. The number of nitrogens with zero attached hydrogens (tertiary/aromatic N) is 1. The second-order valence-electron chi connectivity index (χ2n) is 5.76. The third-order valence-corrected chi connectivity index (χ3v) is 4.12. The van der Waals surface area contributed by atoms with Gasteiger partial charge in [-0.1, -0.05) is 24.3 Å². The molecular weight excluding hydrogens is 254 g/mol. The van der Waals surface area contributed by atoms with E-state index in [1.165, 1.54) is 17.4 Å². The van der Waals surface area contributed by atoms with E-state index < -0.39 is 11.5 Å². The van der Waals surface area contributed by atoms with Crippen molar-refractivity contribution in [2.75, 3.05) is 0 Å². The number of carbonyl (C=O) groups excluding carboxylic acids is 1. The molecule has 0 saturated heterocycles. The minimum absolute atomic E-state index is 0.131. The highest BCUT2D eigenvalue weighted by molar-refractivity contribution is 5.87. The number of aryl methyl sites for hydroxylation is 1.